The SMILES string of the molecule is N#Cc1c(-c2ccc(-n3c4ccccc4c4ccccc43)cc2)c(-c2ccc(-n3c4ccccc4c4ccccc43)cc2)c(-c2ccc(-n3c4ccccc4c4ccccc43)cc2)c(-c2nc3ccccc3s2)c1-c1ccc(-n2c3ccccc3c3ccccc32)cc1. The van der Waals surface area contributed by atoms with E-state index in [1.165, 1.54) is 43.1 Å². The number of hydrogen-bond donors (Lipinski definition) is 0. The average molecular weight is 1200 g/mol. The Morgan fingerprint density at radius 3 is 0.763 bits per heavy atom. The lowest BCUT2D eigenvalue weighted by molar-refractivity contribution is 1.18. The Morgan fingerprint density at radius 1 is 0.247 bits per heavy atom. The van der Waals surface area contributed by atoms with Crippen LogP contribution in [0.25, 0.3) is 175 Å². The van der Waals surface area contributed by atoms with Crippen LogP contribution in [0, 0.1) is 11.3 Å². The van der Waals surface area contributed by atoms with Gasteiger partial charge in [-0.1, -0.05) is 206 Å². The van der Waals surface area contributed by atoms with Crippen molar-refractivity contribution in [2.24, 2.45) is 0 Å². The van der Waals surface area contributed by atoms with Crippen LogP contribution >= 0.6 is 11.3 Å². The van der Waals surface area contributed by atoms with Gasteiger partial charge in [0.25, 0.3) is 0 Å². The number of nitriles is 1. The van der Waals surface area contributed by atoms with Crippen molar-refractivity contribution in [2.45, 2.75) is 0 Å². The van der Waals surface area contributed by atoms with E-state index in [4.69, 9.17) is 4.98 Å². The summed E-state index contributed by atoms with van der Waals surface area (Å²) in [5.74, 6) is 0. The van der Waals surface area contributed by atoms with Gasteiger partial charge in [0.05, 0.1) is 59.9 Å². The molecule has 0 fully saturated rings. The van der Waals surface area contributed by atoms with Gasteiger partial charge in [-0.3, -0.25) is 0 Å². The van der Waals surface area contributed by atoms with E-state index in [1.807, 2.05) is 0 Å². The first-order chi connectivity index (χ1) is 46.1. The molecule has 6 nitrogen and oxygen atoms in total. The molecule has 432 valence electrons. The zero-order valence-electron chi connectivity index (χ0n) is 50.1. The van der Waals surface area contributed by atoms with Gasteiger partial charge in [-0.05, 0) is 137 Å². The third kappa shape index (κ3) is 8.03. The molecule has 7 heteroatoms. The van der Waals surface area contributed by atoms with Crippen LogP contribution in [0.3, 0.4) is 0 Å². The summed E-state index contributed by atoms with van der Waals surface area (Å²) in [6.45, 7) is 0. The van der Waals surface area contributed by atoms with E-state index < -0.39 is 0 Å². The van der Waals surface area contributed by atoms with E-state index in [0.29, 0.717) is 5.56 Å². The molecule has 0 unspecified atom stereocenters. The largest absolute Gasteiger partial charge is 0.309 e. The minimum absolute atomic E-state index is 0.561. The smallest absolute Gasteiger partial charge is 0.125 e. The topological polar surface area (TPSA) is 56.4 Å². The summed E-state index contributed by atoms with van der Waals surface area (Å²) in [7, 11) is 0. The Kier molecular flexibility index (Phi) is 11.8. The highest BCUT2D eigenvalue weighted by Crippen LogP contribution is 2.55. The molecule has 0 saturated heterocycles. The van der Waals surface area contributed by atoms with Crippen molar-refractivity contribution in [2.75, 3.05) is 0 Å². The molecule has 0 saturated carbocycles. The summed E-state index contributed by atoms with van der Waals surface area (Å²) in [5, 5.41) is 23.0. The van der Waals surface area contributed by atoms with Gasteiger partial charge in [-0.25, -0.2) is 4.98 Å². The fourth-order valence-corrected chi connectivity index (χ4v) is 16.1. The normalized spacial score (nSPS) is 11.9. The molecule has 0 aliphatic carbocycles. The summed E-state index contributed by atoms with van der Waals surface area (Å²) in [6, 6.07) is 117. The second kappa shape index (κ2) is 20.9. The molecule has 5 heterocycles. The van der Waals surface area contributed by atoms with Crippen molar-refractivity contribution in [1.29, 1.82) is 5.26 Å². The Bertz CT molecular complexity index is 6040. The summed E-state index contributed by atoms with van der Waals surface area (Å²) < 4.78 is 10.5. The Balaban J connectivity index is 0.920. The van der Waals surface area contributed by atoms with E-state index in [-0.39, 0.29) is 0 Å². The molecule has 0 spiro atoms. The van der Waals surface area contributed by atoms with E-state index in [9.17, 15) is 5.26 Å². The predicted molar refractivity (Wildman–Crippen MR) is 389 cm³/mol. The van der Waals surface area contributed by atoms with E-state index in [2.05, 4.69) is 340 Å². The Morgan fingerprint density at radius 2 is 0.484 bits per heavy atom. The number of rotatable bonds is 9. The molecule has 14 aromatic carbocycles. The van der Waals surface area contributed by atoms with Gasteiger partial charge < -0.3 is 18.3 Å². The van der Waals surface area contributed by atoms with Crippen LogP contribution in [-0.4, -0.2) is 23.3 Å². The monoisotopic (exact) mass is 1200 g/mol. The van der Waals surface area contributed by atoms with Crippen molar-refractivity contribution in [3.8, 4) is 83.9 Å². The van der Waals surface area contributed by atoms with Crippen LogP contribution in [-0.2, 0) is 0 Å². The van der Waals surface area contributed by atoms with E-state index in [0.717, 1.165) is 132 Å². The highest BCUT2D eigenvalue weighted by atomic mass is 32.1. The summed E-state index contributed by atoms with van der Waals surface area (Å²) in [6.07, 6.45) is 0. The second-order valence-corrected chi connectivity index (χ2v) is 25.0. The number of thiazole rings is 1. The summed E-state index contributed by atoms with van der Waals surface area (Å²) >= 11 is 1.67. The predicted octanol–water partition coefficient (Wildman–Crippen LogP) is 22.9. The molecule has 5 aromatic heterocycles. The quantitative estimate of drug-likeness (QED) is 0.145. The first kappa shape index (κ1) is 52.6. The molecular formula is C86H52N6S. The molecule has 0 bridgehead atoms. The van der Waals surface area contributed by atoms with E-state index >= 15 is 0 Å². The molecule has 0 aliphatic rings. The number of para-hydroxylation sites is 9. The fourth-order valence-electron chi connectivity index (χ4n) is 15.1. The Hall–Kier alpha value is -12.3. The molecule has 0 atom stereocenters. The van der Waals surface area contributed by atoms with Crippen LogP contribution in [0.4, 0.5) is 0 Å². The molecule has 19 rings (SSSR count). The van der Waals surface area contributed by atoms with E-state index in [1.54, 1.807) is 11.3 Å². The van der Waals surface area contributed by atoms with Gasteiger partial charge in [-0.15, -0.1) is 11.3 Å². The number of fused-ring (bicyclic) bond motifs is 13. The van der Waals surface area contributed by atoms with Gasteiger partial charge in [0.2, 0.25) is 0 Å². The van der Waals surface area contributed by atoms with Crippen LogP contribution in [0.15, 0.2) is 315 Å². The first-order valence-corrected chi connectivity index (χ1v) is 32.3. The molecule has 0 radical (unpaired) electrons. The Labute approximate surface area is 538 Å². The van der Waals surface area contributed by atoms with Crippen molar-refractivity contribution in [3.63, 3.8) is 0 Å². The number of benzene rings is 14. The van der Waals surface area contributed by atoms with Crippen molar-refractivity contribution >= 4 is 109 Å². The minimum Gasteiger partial charge on any atom is -0.309 e. The van der Waals surface area contributed by atoms with Gasteiger partial charge >= 0.3 is 0 Å². The minimum atomic E-state index is 0.561. The molecule has 0 N–H and O–H groups in total. The lowest BCUT2D eigenvalue weighted by atomic mass is 9.77. The zero-order chi connectivity index (χ0) is 61.3. The standard InChI is InChI=1S/C86H52N6S/c87-53-70-81(54-37-45-58(46-38-54)89-72-28-10-1-19-62(72)63-20-2-11-29-73(63)89)83(56-41-49-60(50-42-56)91-76-32-14-5-23-66(76)67-24-6-15-33-77(67)91)84(57-43-51-61(52-44-57)92-78-34-16-7-25-68(78)69-26-8-17-35-79(69)92)85(86-88-71-27-9-18-36-80(71)93-86)82(70)55-39-47-59(48-40-55)90-74-30-12-3-21-64(74)65-22-4-13-31-75(65)90/h1-52H. The molecule has 19 aromatic rings. The molecule has 93 heavy (non-hydrogen) atoms. The van der Waals surface area contributed by atoms with Crippen molar-refractivity contribution in [1.82, 2.24) is 23.3 Å². The van der Waals surface area contributed by atoms with Gasteiger partial charge in [-0.2, -0.15) is 5.26 Å². The van der Waals surface area contributed by atoms with Crippen molar-refractivity contribution < 1.29 is 0 Å². The van der Waals surface area contributed by atoms with Crippen LogP contribution in [0.2, 0.25) is 0 Å². The number of hydrogen-bond acceptors (Lipinski definition) is 3. The number of aromatic nitrogens is 5. The molecule has 0 aliphatic heterocycles. The van der Waals surface area contributed by atoms with Crippen LogP contribution in [0.1, 0.15) is 5.56 Å². The second-order valence-electron chi connectivity index (χ2n) is 24.0. The van der Waals surface area contributed by atoms with Gasteiger partial charge in [0.15, 0.2) is 0 Å². The van der Waals surface area contributed by atoms with Crippen molar-refractivity contribution in [3.05, 3.63) is 321 Å². The van der Waals surface area contributed by atoms with Gasteiger partial charge in [0.1, 0.15) is 11.1 Å². The number of nitrogens with zero attached hydrogens (tertiary/aromatic N) is 6. The summed E-state index contributed by atoms with van der Waals surface area (Å²) in [4.78, 5) is 5.61. The third-order valence-corrected chi connectivity index (χ3v) is 20.2. The summed E-state index contributed by atoms with van der Waals surface area (Å²) in [5.41, 5.74) is 22.9. The maximum atomic E-state index is 12.6. The van der Waals surface area contributed by atoms with Crippen LogP contribution in [0.5, 0.6) is 0 Å². The molecule has 0 amide bonds. The fraction of sp³-hybridized carbons (Fsp3) is 0. The zero-order valence-corrected chi connectivity index (χ0v) is 50.9. The third-order valence-electron chi connectivity index (χ3n) is 19.1. The van der Waals surface area contributed by atoms with Crippen LogP contribution < -0.4 is 0 Å². The lowest BCUT2D eigenvalue weighted by Crippen LogP contribution is -2.03. The maximum absolute atomic E-state index is 12.6. The van der Waals surface area contributed by atoms with Gasteiger partial charge in [0, 0.05) is 88.1 Å². The first-order valence-electron chi connectivity index (χ1n) is 31.5. The molecular weight excluding hydrogens is 1150 g/mol. The lowest BCUT2D eigenvalue weighted by Gasteiger charge is -2.26. The average Bonchev–Trinajstić information content (AvgIpc) is 1.19. The highest BCUT2D eigenvalue weighted by Gasteiger charge is 2.31. The highest BCUT2D eigenvalue weighted by molar-refractivity contribution is 7.21. The maximum Gasteiger partial charge on any atom is 0.125 e.